The molecule has 0 saturated heterocycles. The molecule has 2 unspecified atom stereocenters. The van der Waals surface area contributed by atoms with Crippen molar-refractivity contribution >= 4 is 28.4 Å². The van der Waals surface area contributed by atoms with Crippen LogP contribution in [0.1, 0.15) is 12.6 Å². The van der Waals surface area contributed by atoms with Crippen molar-refractivity contribution in [3.05, 3.63) is 66.0 Å². The number of aliphatic hydroxyl groups excluding tert-OH is 1. The minimum Gasteiger partial charge on any atom is -0.512 e. The molecule has 0 fully saturated rings. The summed E-state index contributed by atoms with van der Waals surface area (Å²) in [6.45, 7) is 3.81. The standard InChI is InChI=1S/C20H20FN5O/c1-11-10-13-15(23-11)6-7-16(19(13)21)24-18-8-9-22-20(26-18)25-14-4-3-5-17(27)12(14)2/h3-10,12,14,23,27H,1-2H3,(H2,22,24,25,26). The molecular weight excluding hydrogens is 345 g/mol. The van der Waals surface area contributed by atoms with E-state index < -0.39 is 0 Å². The fourth-order valence-electron chi connectivity index (χ4n) is 3.14. The number of aryl methyl sites for hydroxylation is 1. The van der Waals surface area contributed by atoms with Gasteiger partial charge < -0.3 is 20.7 Å². The predicted molar refractivity (Wildman–Crippen MR) is 105 cm³/mol. The van der Waals surface area contributed by atoms with Crippen molar-refractivity contribution in [2.75, 3.05) is 10.6 Å². The molecule has 0 bridgehead atoms. The smallest absolute Gasteiger partial charge is 0.225 e. The topological polar surface area (TPSA) is 85.9 Å². The van der Waals surface area contributed by atoms with Gasteiger partial charge in [-0.1, -0.05) is 19.1 Å². The van der Waals surface area contributed by atoms with Crippen molar-refractivity contribution in [1.82, 2.24) is 15.0 Å². The molecule has 1 aliphatic rings. The van der Waals surface area contributed by atoms with Crippen LogP contribution < -0.4 is 10.6 Å². The van der Waals surface area contributed by atoms with Gasteiger partial charge in [-0.2, -0.15) is 4.98 Å². The first kappa shape index (κ1) is 17.1. The molecule has 1 aliphatic carbocycles. The Morgan fingerprint density at radius 2 is 2.11 bits per heavy atom. The molecule has 2 atom stereocenters. The Morgan fingerprint density at radius 1 is 1.26 bits per heavy atom. The minimum absolute atomic E-state index is 0.0908. The van der Waals surface area contributed by atoms with E-state index in [2.05, 4.69) is 25.6 Å². The third kappa shape index (κ3) is 3.36. The summed E-state index contributed by atoms with van der Waals surface area (Å²) in [5, 5.41) is 16.6. The Morgan fingerprint density at radius 3 is 2.96 bits per heavy atom. The maximum Gasteiger partial charge on any atom is 0.225 e. The van der Waals surface area contributed by atoms with Crippen molar-refractivity contribution in [2.45, 2.75) is 19.9 Å². The van der Waals surface area contributed by atoms with Crippen molar-refractivity contribution < 1.29 is 9.50 Å². The lowest BCUT2D eigenvalue weighted by Crippen LogP contribution is -2.29. The number of aromatic amines is 1. The summed E-state index contributed by atoms with van der Waals surface area (Å²) in [5.74, 6) is 0.762. The second kappa shape index (κ2) is 6.75. The summed E-state index contributed by atoms with van der Waals surface area (Å²) in [6.07, 6.45) is 7.00. The fraction of sp³-hybridized carbons (Fsp3) is 0.200. The van der Waals surface area contributed by atoms with Crippen LogP contribution in [0.25, 0.3) is 10.9 Å². The molecule has 0 amide bonds. The molecule has 2 aromatic heterocycles. The zero-order valence-corrected chi connectivity index (χ0v) is 15.0. The molecule has 7 heteroatoms. The molecule has 6 nitrogen and oxygen atoms in total. The van der Waals surface area contributed by atoms with E-state index in [1.807, 2.05) is 26.0 Å². The van der Waals surface area contributed by atoms with Gasteiger partial charge in [-0.05, 0) is 37.3 Å². The van der Waals surface area contributed by atoms with Gasteiger partial charge in [-0.25, -0.2) is 9.37 Å². The summed E-state index contributed by atoms with van der Waals surface area (Å²) in [5.41, 5.74) is 2.01. The highest BCUT2D eigenvalue weighted by atomic mass is 19.1. The average molecular weight is 365 g/mol. The number of allylic oxidation sites excluding steroid dienone is 2. The Labute approximate surface area is 155 Å². The van der Waals surface area contributed by atoms with Gasteiger partial charge in [0.15, 0.2) is 5.82 Å². The predicted octanol–water partition coefficient (Wildman–Crippen LogP) is 4.58. The molecule has 0 radical (unpaired) electrons. The maximum atomic E-state index is 14.8. The van der Waals surface area contributed by atoms with Gasteiger partial charge in [0.05, 0.1) is 17.5 Å². The monoisotopic (exact) mass is 365 g/mol. The van der Waals surface area contributed by atoms with E-state index in [0.717, 1.165) is 11.2 Å². The van der Waals surface area contributed by atoms with Gasteiger partial charge >= 0.3 is 0 Å². The van der Waals surface area contributed by atoms with E-state index in [1.165, 1.54) is 0 Å². The molecule has 4 N–H and O–H groups in total. The van der Waals surface area contributed by atoms with E-state index >= 15 is 0 Å². The highest BCUT2D eigenvalue weighted by molar-refractivity contribution is 5.85. The van der Waals surface area contributed by atoms with Crippen molar-refractivity contribution in [1.29, 1.82) is 0 Å². The Balaban J connectivity index is 1.56. The number of hydrogen-bond acceptors (Lipinski definition) is 5. The van der Waals surface area contributed by atoms with E-state index in [1.54, 1.807) is 36.5 Å². The summed E-state index contributed by atoms with van der Waals surface area (Å²) < 4.78 is 14.8. The van der Waals surface area contributed by atoms with Gasteiger partial charge in [-0.15, -0.1) is 0 Å². The summed E-state index contributed by atoms with van der Waals surface area (Å²) in [4.78, 5) is 11.7. The number of benzene rings is 1. The minimum atomic E-state index is -0.330. The van der Waals surface area contributed by atoms with E-state index in [-0.39, 0.29) is 17.8 Å². The Hall–Kier alpha value is -3.35. The molecule has 138 valence electrons. The summed E-state index contributed by atoms with van der Waals surface area (Å²) in [6, 6.07) is 6.84. The molecule has 3 aromatic rings. The largest absolute Gasteiger partial charge is 0.512 e. The van der Waals surface area contributed by atoms with Crippen LogP contribution in [0.3, 0.4) is 0 Å². The van der Waals surface area contributed by atoms with E-state index in [9.17, 15) is 9.50 Å². The molecule has 0 aliphatic heterocycles. The average Bonchev–Trinajstić information content (AvgIpc) is 3.03. The van der Waals surface area contributed by atoms with Crippen LogP contribution in [0.5, 0.6) is 0 Å². The zero-order valence-electron chi connectivity index (χ0n) is 15.0. The van der Waals surface area contributed by atoms with Crippen molar-refractivity contribution in [3.8, 4) is 0 Å². The van der Waals surface area contributed by atoms with Crippen molar-refractivity contribution in [3.63, 3.8) is 0 Å². The van der Waals surface area contributed by atoms with Crippen LogP contribution in [0.15, 0.2) is 54.4 Å². The molecule has 27 heavy (non-hydrogen) atoms. The van der Waals surface area contributed by atoms with Crippen LogP contribution in [0.2, 0.25) is 0 Å². The fourth-order valence-corrected chi connectivity index (χ4v) is 3.14. The number of fused-ring (bicyclic) bond motifs is 1. The molecule has 4 rings (SSSR count). The van der Waals surface area contributed by atoms with E-state index in [4.69, 9.17) is 0 Å². The number of nitrogens with one attached hydrogen (secondary N) is 3. The first-order valence-corrected chi connectivity index (χ1v) is 8.73. The highest BCUT2D eigenvalue weighted by Crippen LogP contribution is 2.27. The Kier molecular flexibility index (Phi) is 4.27. The number of halogens is 1. The number of H-pyrrole nitrogens is 1. The number of rotatable bonds is 4. The molecule has 2 heterocycles. The molecule has 1 aromatic carbocycles. The lowest BCUT2D eigenvalue weighted by atomic mass is 9.95. The quantitative estimate of drug-likeness (QED) is 0.544. The number of hydrogen-bond donors (Lipinski definition) is 4. The SMILES string of the molecule is Cc1cc2c(F)c(Nc3ccnc(NC4C=CC=C(O)C4C)n3)ccc2[nH]1. The van der Waals surface area contributed by atoms with Crippen LogP contribution in [-0.2, 0) is 0 Å². The van der Waals surface area contributed by atoms with Gasteiger partial charge in [0.25, 0.3) is 0 Å². The van der Waals surface area contributed by atoms with Crippen LogP contribution in [0, 0.1) is 18.7 Å². The lowest BCUT2D eigenvalue weighted by Gasteiger charge is -2.24. The second-order valence-corrected chi connectivity index (χ2v) is 6.67. The van der Waals surface area contributed by atoms with Crippen molar-refractivity contribution in [2.24, 2.45) is 5.92 Å². The zero-order chi connectivity index (χ0) is 19.0. The van der Waals surface area contributed by atoms with Crippen LogP contribution in [-0.4, -0.2) is 26.1 Å². The van der Waals surface area contributed by atoms with Gasteiger partial charge in [0.1, 0.15) is 5.82 Å². The number of anilines is 3. The molecule has 0 spiro atoms. The van der Waals surface area contributed by atoms with Gasteiger partial charge in [0.2, 0.25) is 5.95 Å². The van der Waals surface area contributed by atoms with Gasteiger partial charge in [-0.3, -0.25) is 0 Å². The number of nitrogens with zero attached hydrogens (tertiary/aromatic N) is 2. The van der Waals surface area contributed by atoms with E-state index in [0.29, 0.717) is 28.6 Å². The number of aromatic nitrogens is 3. The second-order valence-electron chi connectivity index (χ2n) is 6.67. The normalized spacial score (nSPS) is 19.1. The van der Waals surface area contributed by atoms with Crippen LogP contribution in [0.4, 0.5) is 21.8 Å². The summed E-state index contributed by atoms with van der Waals surface area (Å²) >= 11 is 0. The van der Waals surface area contributed by atoms with Gasteiger partial charge in [0, 0.05) is 28.7 Å². The maximum absolute atomic E-state index is 14.8. The van der Waals surface area contributed by atoms with Crippen LogP contribution >= 0.6 is 0 Å². The third-order valence-corrected chi connectivity index (χ3v) is 4.68. The summed E-state index contributed by atoms with van der Waals surface area (Å²) in [7, 11) is 0. The molecular formula is C20H20FN5O. The number of aliphatic hydroxyl groups is 1. The molecule has 0 saturated carbocycles. The lowest BCUT2D eigenvalue weighted by molar-refractivity contribution is 0.330. The third-order valence-electron chi connectivity index (χ3n) is 4.68. The highest BCUT2D eigenvalue weighted by Gasteiger charge is 2.21. The first-order valence-electron chi connectivity index (χ1n) is 8.73. The Bertz CT molecular complexity index is 1060. The first-order chi connectivity index (χ1) is 13.0.